The maximum Gasteiger partial charge on any atom is 0.225 e. The Hall–Kier alpha value is -2.01. The van der Waals surface area contributed by atoms with Crippen molar-refractivity contribution in [3.63, 3.8) is 0 Å². The van der Waals surface area contributed by atoms with E-state index >= 15 is 0 Å². The van der Waals surface area contributed by atoms with E-state index in [9.17, 15) is 0 Å². The average Bonchev–Trinajstić information content (AvgIpc) is 3.17. The summed E-state index contributed by atoms with van der Waals surface area (Å²) in [6.45, 7) is 4.52. The van der Waals surface area contributed by atoms with Gasteiger partial charge in [-0.05, 0) is 24.6 Å². The second kappa shape index (κ2) is 10.7. The summed E-state index contributed by atoms with van der Waals surface area (Å²) in [6, 6.07) is 10.2. The molecule has 7 nitrogen and oxygen atoms in total. The van der Waals surface area contributed by atoms with Gasteiger partial charge in [-0.3, -0.25) is 4.99 Å². The van der Waals surface area contributed by atoms with Crippen molar-refractivity contribution in [3.05, 3.63) is 47.7 Å². The SMILES string of the molecule is CN=C(NCCCc1nc2ccccc2s1)N1CCN(c2ncccn2)CC1.I. The minimum absolute atomic E-state index is 0. The number of aromatic nitrogens is 3. The molecule has 3 heterocycles. The third-order valence-corrected chi connectivity index (χ3v) is 5.91. The van der Waals surface area contributed by atoms with Crippen LogP contribution in [0.1, 0.15) is 11.4 Å². The van der Waals surface area contributed by atoms with Gasteiger partial charge in [-0.2, -0.15) is 0 Å². The molecular formula is C20H26IN7S. The zero-order chi connectivity index (χ0) is 19.2. The number of aryl methyl sites for hydroxylation is 1. The minimum Gasteiger partial charge on any atom is -0.356 e. The Morgan fingerprint density at radius 3 is 2.59 bits per heavy atom. The molecule has 29 heavy (non-hydrogen) atoms. The molecule has 0 saturated carbocycles. The quantitative estimate of drug-likeness (QED) is 0.240. The van der Waals surface area contributed by atoms with E-state index in [1.54, 1.807) is 23.7 Å². The lowest BCUT2D eigenvalue weighted by atomic mass is 10.3. The number of halogens is 1. The summed E-state index contributed by atoms with van der Waals surface area (Å²) in [5.41, 5.74) is 1.10. The highest BCUT2D eigenvalue weighted by Crippen LogP contribution is 2.22. The standard InChI is InChI=1S/C20H25N7S.HI/c1-21-19(26-12-14-27(15-13-26)20-23-10-5-11-24-20)22-9-4-8-18-25-16-6-2-3-7-17(16)28-18;/h2-3,5-7,10-11H,4,8-9,12-15H2,1H3,(H,21,22);1H. The molecular weight excluding hydrogens is 497 g/mol. The number of anilines is 1. The zero-order valence-corrected chi connectivity index (χ0v) is 19.6. The number of aliphatic imine (C=N–C) groups is 1. The fourth-order valence-corrected chi connectivity index (χ4v) is 4.38. The van der Waals surface area contributed by atoms with E-state index in [-0.39, 0.29) is 24.0 Å². The van der Waals surface area contributed by atoms with Crippen LogP contribution in [0, 0.1) is 0 Å². The van der Waals surface area contributed by atoms with Crippen LogP contribution >= 0.6 is 35.3 Å². The molecule has 0 bridgehead atoms. The van der Waals surface area contributed by atoms with Gasteiger partial charge in [-0.15, -0.1) is 35.3 Å². The van der Waals surface area contributed by atoms with Crippen molar-refractivity contribution in [3.8, 4) is 0 Å². The number of hydrogen-bond acceptors (Lipinski definition) is 6. The topological polar surface area (TPSA) is 69.5 Å². The molecule has 1 N–H and O–H groups in total. The first-order valence-corrected chi connectivity index (χ1v) is 10.5. The molecule has 1 aliphatic heterocycles. The van der Waals surface area contributed by atoms with Crippen molar-refractivity contribution in [2.24, 2.45) is 4.99 Å². The maximum atomic E-state index is 4.71. The van der Waals surface area contributed by atoms with Crippen molar-refractivity contribution in [1.82, 2.24) is 25.2 Å². The molecule has 154 valence electrons. The van der Waals surface area contributed by atoms with E-state index in [0.29, 0.717) is 0 Å². The third-order valence-electron chi connectivity index (χ3n) is 4.81. The number of hydrogen-bond donors (Lipinski definition) is 1. The molecule has 4 rings (SSSR count). The second-order valence-electron chi connectivity index (χ2n) is 6.68. The van der Waals surface area contributed by atoms with Gasteiger partial charge in [0.05, 0.1) is 15.2 Å². The molecule has 0 unspecified atom stereocenters. The van der Waals surface area contributed by atoms with Crippen molar-refractivity contribution in [2.45, 2.75) is 12.8 Å². The Bertz CT molecular complexity index is 890. The number of rotatable bonds is 5. The van der Waals surface area contributed by atoms with Gasteiger partial charge in [0.15, 0.2) is 5.96 Å². The average molecular weight is 523 g/mol. The van der Waals surface area contributed by atoms with E-state index in [0.717, 1.165) is 63.0 Å². The first-order valence-electron chi connectivity index (χ1n) is 9.65. The molecule has 1 fully saturated rings. The van der Waals surface area contributed by atoms with Crippen LogP contribution in [0.3, 0.4) is 0 Å². The van der Waals surface area contributed by atoms with Crippen molar-refractivity contribution in [1.29, 1.82) is 0 Å². The van der Waals surface area contributed by atoms with Crippen molar-refractivity contribution in [2.75, 3.05) is 44.7 Å². The van der Waals surface area contributed by atoms with E-state index < -0.39 is 0 Å². The Balaban J connectivity index is 0.00000240. The van der Waals surface area contributed by atoms with E-state index in [1.807, 2.05) is 19.2 Å². The van der Waals surface area contributed by atoms with Crippen LogP contribution in [0.5, 0.6) is 0 Å². The van der Waals surface area contributed by atoms with E-state index in [1.165, 1.54) is 9.71 Å². The van der Waals surface area contributed by atoms with Gasteiger partial charge in [0, 0.05) is 58.6 Å². The summed E-state index contributed by atoms with van der Waals surface area (Å²) in [4.78, 5) is 22.4. The predicted molar refractivity (Wildman–Crippen MR) is 131 cm³/mol. The molecule has 0 atom stereocenters. The zero-order valence-electron chi connectivity index (χ0n) is 16.5. The molecule has 9 heteroatoms. The lowest BCUT2D eigenvalue weighted by Gasteiger charge is -2.36. The van der Waals surface area contributed by atoms with Gasteiger partial charge in [-0.25, -0.2) is 15.0 Å². The van der Waals surface area contributed by atoms with Crippen LogP contribution in [0.4, 0.5) is 5.95 Å². The molecule has 1 saturated heterocycles. The number of thiazole rings is 1. The number of para-hydroxylation sites is 1. The number of fused-ring (bicyclic) bond motifs is 1. The van der Waals surface area contributed by atoms with E-state index in [2.05, 4.69) is 48.3 Å². The van der Waals surface area contributed by atoms with Gasteiger partial charge in [0.1, 0.15) is 0 Å². The molecule has 2 aromatic heterocycles. The van der Waals surface area contributed by atoms with Crippen LogP contribution in [-0.4, -0.2) is 65.6 Å². The first kappa shape index (κ1) is 21.7. The molecule has 0 amide bonds. The second-order valence-corrected chi connectivity index (χ2v) is 7.79. The number of nitrogens with zero attached hydrogens (tertiary/aromatic N) is 6. The molecule has 1 aromatic carbocycles. The third kappa shape index (κ3) is 5.53. The Morgan fingerprint density at radius 1 is 1.10 bits per heavy atom. The Morgan fingerprint density at radius 2 is 1.86 bits per heavy atom. The van der Waals surface area contributed by atoms with Crippen LogP contribution in [0.2, 0.25) is 0 Å². The van der Waals surface area contributed by atoms with Crippen molar-refractivity contribution < 1.29 is 0 Å². The lowest BCUT2D eigenvalue weighted by molar-refractivity contribution is 0.370. The molecule has 0 aliphatic carbocycles. The summed E-state index contributed by atoms with van der Waals surface area (Å²) in [5.74, 6) is 1.78. The Kier molecular flexibility index (Phi) is 7.99. The highest BCUT2D eigenvalue weighted by atomic mass is 127. The number of benzene rings is 1. The monoisotopic (exact) mass is 523 g/mol. The number of nitrogens with one attached hydrogen (secondary N) is 1. The summed E-state index contributed by atoms with van der Waals surface area (Å²) in [5, 5.41) is 4.70. The predicted octanol–water partition coefficient (Wildman–Crippen LogP) is 3.03. The smallest absolute Gasteiger partial charge is 0.225 e. The highest BCUT2D eigenvalue weighted by Gasteiger charge is 2.20. The highest BCUT2D eigenvalue weighted by molar-refractivity contribution is 14.0. The van der Waals surface area contributed by atoms with Crippen LogP contribution < -0.4 is 10.2 Å². The largest absolute Gasteiger partial charge is 0.356 e. The summed E-state index contributed by atoms with van der Waals surface area (Å²) < 4.78 is 1.27. The van der Waals surface area contributed by atoms with Gasteiger partial charge < -0.3 is 15.1 Å². The number of guanidine groups is 1. The van der Waals surface area contributed by atoms with Crippen LogP contribution in [0.15, 0.2) is 47.7 Å². The summed E-state index contributed by atoms with van der Waals surface area (Å²) in [6.07, 6.45) is 5.61. The Labute approximate surface area is 192 Å². The van der Waals surface area contributed by atoms with Gasteiger partial charge in [0.2, 0.25) is 5.95 Å². The van der Waals surface area contributed by atoms with Gasteiger partial charge in [-0.1, -0.05) is 12.1 Å². The molecule has 0 radical (unpaired) electrons. The minimum atomic E-state index is 0. The van der Waals surface area contributed by atoms with Crippen LogP contribution in [0.25, 0.3) is 10.2 Å². The van der Waals surface area contributed by atoms with Crippen molar-refractivity contribution >= 4 is 57.4 Å². The first-order chi connectivity index (χ1) is 13.8. The van der Waals surface area contributed by atoms with Crippen LogP contribution in [-0.2, 0) is 6.42 Å². The number of piperazine rings is 1. The fourth-order valence-electron chi connectivity index (χ4n) is 3.37. The fraction of sp³-hybridized carbons (Fsp3) is 0.400. The molecule has 1 aliphatic rings. The summed E-state index contributed by atoms with van der Waals surface area (Å²) >= 11 is 1.79. The maximum absolute atomic E-state index is 4.71. The normalized spacial score (nSPS) is 14.7. The lowest BCUT2D eigenvalue weighted by Crippen LogP contribution is -2.53. The summed E-state index contributed by atoms with van der Waals surface area (Å²) in [7, 11) is 1.85. The molecule has 0 spiro atoms. The van der Waals surface area contributed by atoms with Gasteiger partial charge >= 0.3 is 0 Å². The molecule has 3 aromatic rings. The van der Waals surface area contributed by atoms with E-state index in [4.69, 9.17) is 4.98 Å². The van der Waals surface area contributed by atoms with Gasteiger partial charge in [0.25, 0.3) is 0 Å².